The molecule has 1 aliphatic heterocycles. The van der Waals surface area contributed by atoms with Crippen molar-refractivity contribution in [3.8, 4) is 5.75 Å². The van der Waals surface area contributed by atoms with Crippen LogP contribution in [0.4, 0.5) is 5.69 Å². The summed E-state index contributed by atoms with van der Waals surface area (Å²) in [6.07, 6.45) is 1.27. The Bertz CT molecular complexity index is 520. The van der Waals surface area contributed by atoms with Gasteiger partial charge in [-0.1, -0.05) is 6.92 Å². The number of ether oxygens (including phenoxy) is 1. The number of guanidine groups is 1. The Balaban J connectivity index is 1.54. The molecule has 2 atom stereocenters. The van der Waals surface area contributed by atoms with Gasteiger partial charge < -0.3 is 19.9 Å². The van der Waals surface area contributed by atoms with Crippen LogP contribution < -0.4 is 15.0 Å². The lowest BCUT2D eigenvalue weighted by atomic mass is 10.2. The maximum atomic E-state index is 5.22. The van der Waals surface area contributed by atoms with Crippen LogP contribution in [0.15, 0.2) is 29.3 Å². The molecule has 1 N–H and O–H groups in total. The van der Waals surface area contributed by atoms with E-state index in [0.717, 1.165) is 43.8 Å². The van der Waals surface area contributed by atoms with Crippen LogP contribution in [0.1, 0.15) is 13.3 Å². The van der Waals surface area contributed by atoms with Crippen LogP contribution >= 0.6 is 0 Å². The highest BCUT2D eigenvalue weighted by atomic mass is 16.5. The number of piperazine rings is 1. The van der Waals surface area contributed by atoms with Gasteiger partial charge in [0.25, 0.3) is 0 Å². The van der Waals surface area contributed by atoms with Crippen LogP contribution in [0.3, 0.4) is 0 Å². The molecule has 120 valence electrons. The normalized spacial score (nSPS) is 25.1. The molecular weight excluding hydrogens is 276 g/mol. The number of hydrogen-bond donors (Lipinski definition) is 1. The number of nitrogens with zero attached hydrogens (tertiary/aromatic N) is 3. The van der Waals surface area contributed by atoms with E-state index < -0.39 is 0 Å². The lowest BCUT2D eigenvalue weighted by Crippen LogP contribution is -2.53. The summed E-state index contributed by atoms with van der Waals surface area (Å²) in [5.41, 5.74) is 1.26. The van der Waals surface area contributed by atoms with Gasteiger partial charge in [0, 0.05) is 45.0 Å². The van der Waals surface area contributed by atoms with Crippen molar-refractivity contribution in [2.24, 2.45) is 10.9 Å². The first-order valence-corrected chi connectivity index (χ1v) is 8.08. The summed E-state index contributed by atoms with van der Waals surface area (Å²) in [4.78, 5) is 9.23. The molecule has 5 nitrogen and oxygen atoms in total. The van der Waals surface area contributed by atoms with Crippen LogP contribution in [-0.2, 0) is 0 Å². The summed E-state index contributed by atoms with van der Waals surface area (Å²) in [7, 11) is 3.58. The zero-order valence-electron chi connectivity index (χ0n) is 13.7. The third-order valence-electron chi connectivity index (χ3n) is 4.65. The number of anilines is 1. The highest BCUT2D eigenvalue weighted by molar-refractivity contribution is 5.80. The van der Waals surface area contributed by atoms with Crippen molar-refractivity contribution in [3.63, 3.8) is 0 Å². The second-order valence-corrected chi connectivity index (χ2v) is 6.18. The standard InChI is InChI=1S/C17H26N4O/c1-13-12-16(13)19-17(18-2)21-10-8-20(9-11-21)14-4-6-15(22-3)7-5-14/h4-7,13,16H,8-12H2,1-3H3,(H,18,19). The van der Waals surface area contributed by atoms with E-state index in [2.05, 4.69) is 39.2 Å². The third kappa shape index (κ3) is 3.29. The van der Waals surface area contributed by atoms with Crippen LogP contribution in [0.25, 0.3) is 0 Å². The van der Waals surface area contributed by atoms with Crippen molar-refractivity contribution in [3.05, 3.63) is 24.3 Å². The Hall–Kier alpha value is -1.91. The maximum Gasteiger partial charge on any atom is 0.193 e. The molecule has 1 heterocycles. The molecule has 2 aliphatic rings. The quantitative estimate of drug-likeness (QED) is 0.683. The number of rotatable bonds is 3. The zero-order valence-corrected chi connectivity index (χ0v) is 13.7. The highest BCUT2D eigenvalue weighted by Crippen LogP contribution is 2.29. The number of aliphatic imine (C=N–C) groups is 1. The predicted molar refractivity (Wildman–Crippen MR) is 90.8 cm³/mol. The molecule has 2 fully saturated rings. The fourth-order valence-corrected chi connectivity index (χ4v) is 2.96. The van der Waals surface area contributed by atoms with E-state index in [0.29, 0.717) is 6.04 Å². The average molecular weight is 302 g/mol. The third-order valence-corrected chi connectivity index (χ3v) is 4.65. The van der Waals surface area contributed by atoms with E-state index in [1.54, 1.807) is 7.11 Å². The zero-order chi connectivity index (χ0) is 15.5. The second kappa shape index (κ2) is 6.46. The van der Waals surface area contributed by atoms with Crippen LogP contribution in [0.2, 0.25) is 0 Å². The van der Waals surface area contributed by atoms with E-state index in [1.807, 2.05) is 19.2 Å². The largest absolute Gasteiger partial charge is 0.497 e. The monoisotopic (exact) mass is 302 g/mol. The molecule has 1 aromatic rings. The molecule has 0 amide bonds. The average Bonchev–Trinajstić information content (AvgIpc) is 3.28. The molecule has 1 saturated carbocycles. The van der Waals surface area contributed by atoms with Crippen molar-refractivity contribution in [2.45, 2.75) is 19.4 Å². The number of benzene rings is 1. The fourth-order valence-electron chi connectivity index (χ4n) is 2.96. The molecule has 3 rings (SSSR count). The van der Waals surface area contributed by atoms with Gasteiger partial charge in [0.15, 0.2) is 5.96 Å². The minimum Gasteiger partial charge on any atom is -0.497 e. The first-order chi connectivity index (χ1) is 10.7. The number of hydrogen-bond acceptors (Lipinski definition) is 3. The van der Waals surface area contributed by atoms with Gasteiger partial charge in [0.2, 0.25) is 0 Å². The molecule has 2 unspecified atom stereocenters. The van der Waals surface area contributed by atoms with Crippen molar-refractivity contribution in [1.82, 2.24) is 10.2 Å². The molecule has 1 aliphatic carbocycles. The fraction of sp³-hybridized carbons (Fsp3) is 0.588. The van der Waals surface area contributed by atoms with E-state index in [1.165, 1.54) is 12.1 Å². The van der Waals surface area contributed by atoms with Crippen LogP contribution in [0.5, 0.6) is 5.75 Å². The summed E-state index contributed by atoms with van der Waals surface area (Å²) in [6, 6.07) is 8.94. The lowest BCUT2D eigenvalue weighted by Gasteiger charge is -2.37. The van der Waals surface area contributed by atoms with Gasteiger partial charge in [-0.15, -0.1) is 0 Å². The predicted octanol–water partition coefficient (Wildman–Crippen LogP) is 1.80. The van der Waals surface area contributed by atoms with Gasteiger partial charge in [-0.05, 0) is 36.6 Å². The van der Waals surface area contributed by atoms with E-state index in [-0.39, 0.29) is 0 Å². The molecule has 22 heavy (non-hydrogen) atoms. The van der Waals surface area contributed by atoms with Gasteiger partial charge in [0.1, 0.15) is 5.75 Å². The van der Waals surface area contributed by atoms with Crippen molar-refractivity contribution in [2.75, 3.05) is 45.2 Å². The molecule has 1 aromatic carbocycles. The van der Waals surface area contributed by atoms with Crippen LogP contribution in [0, 0.1) is 5.92 Å². The van der Waals surface area contributed by atoms with E-state index in [4.69, 9.17) is 4.74 Å². The minimum atomic E-state index is 0.623. The first-order valence-electron chi connectivity index (χ1n) is 8.08. The Labute approximate surface area is 133 Å². The summed E-state index contributed by atoms with van der Waals surface area (Å²) in [6.45, 7) is 6.34. The summed E-state index contributed by atoms with van der Waals surface area (Å²) >= 11 is 0. The van der Waals surface area contributed by atoms with Crippen LogP contribution in [-0.4, -0.2) is 57.2 Å². The van der Waals surface area contributed by atoms with Gasteiger partial charge in [-0.2, -0.15) is 0 Å². The van der Waals surface area contributed by atoms with Crippen molar-refractivity contribution in [1.29, 1.82) is 0 Å². The molecule has 0 spiro atoms. The Morgan fingerprint density at radius 1 is 1.18 bits per heavy atom. The molecule has 0 radical (unpaired) electrons. The smallest absolute Gasteiger partial charge is 0.193 e. The highest BCUT2D eigenvalue weighted by Gasteiger charge is 2.34. The molecule has 0 bridgehead atoms. The minimum absolute atomic E-state index is 0.623. The SMILES string of the molecule is CN=C(NC1CC1C)N1CCN(c2ccc(OC)cc2)CC1. The summed E-state index contributed by atoms with van der Waals surface area (Å²) < 4.78 is 5.22. The van der Waals surface area contributed by atoms with Gasteiger partial charge in [-0.3, -0.25) is 4.99 Å². The number of methoxy groups -OCH3 is 1. The topological polar surface area (TPSA) is 40.1 Å². The van der Waals surface area contributed by atoms with Crippen molar-refractivity contribution >= 4 is 11.6 Å². The van der Waals surface area contributed by atoms with E-state index >= 15 is 0 Å². The lowest BCUT2D eigenvalue weighted by molar-refractivity contribution is 0.371. The second-order valence-electron chi connectivity index (χ2n) is 6.18. The Morgan fingerprint density at radius 2 is 1.82 bits per heavy atom. The van der Waals surface area contributed by atoms with Crippen molar-refractivity contribution < 1.29 is 4.74 Å². The maximum absolute atomic E-state index is 5.22. The van der Waals surface area contributed by atoms with Gasteiger partial charge in [0.05, 0.1) is 7.11 Å². The molecular formula is C17H26N4O. The van der Waals surface area contributed by atoms with Gasteiger partial charge in [-0.25, -0.2) is 0 Å². The molecule has 5 heteroatoms. The molecule has 1 saturated heterocycles. The summed E-state index contributed by atoms with van der Waals surface area (Å²) in [5.74, 6) is 2.76. The van der Waals surface area contributed by atoms with E-state index in [9.17, 15) is 0 Å². The Kier molecular flexibility index (Phi) is 4.41. The Morgan fingerprint density at radius 3 is 2.32 bits per heavy atom. The number of nitrogens with one attached hydrogen (secondary N) is 1. The van der Waals surface area contributed by atoms with Gasteiger partial charge >= 0.3 is 0 Å². The summed E-state index contributed by atoms with van der Waals surface area (Å²) in [5, 5.41) is 3.57. The molecule has 0 aromatic heterocycles. The first kappa shape index (κ1) is 15.0.